The number of rotatable bonds is 6. The number of amides is 2. The molecule has 1 aliphatic rings. The van der Waals surface area contributed by atoms with E-state index in [0.29, 0.717) is 25.4 Å². The van der Waals surface area contributed by atoms with Crippen LogP contribution >= 0.6 is 0 Å². The van der Waals surface area contributed by atoms with E-state index in [1.165, 1.54) is 0 Å². The first-order valence-corrected chi connectivity index (χ1v) is 7.74. The van der Waals surface area contributed by atoms with Crippen molar-refractivity contribution in [3.05, 3.63) is 0 Å². The van der Waals surface area contributed by atoms with Gasteiger partial charge in [0.1, 0.15) is 0 Å². The summed E-state index contributed by atoms with van der Waals surface area (Å²) in [4.78, 5) is 27.3. The Morgan fingerprint density at radius 3 is 2.30 bits per heavy atom. The zero-order valence-electron chi connectivity index (χ0n) is 13.1. The molecule has 1 aliphatic heterocycles. The second-order valence-electron chi connectivity index (χ2n) is 5.67. The number of aliphatic carboxylic acids is 1. The molecule has 20 heavy (non-hydrogen) atoms. The Hall–Kier alpha value is -1.26. The molecule has 0 spiro atoms. The molecule has 1 heterocycles. The van der Waals surface area contributed by atoms with E-state index >= 15 is 0 Å². The van der Waals surface area contributed by atoms with Crippen molar-refractivity contribution in [2.45, 2.75) is 53.0 Å². The molecule has 0 saturated carbocycles. The Kier molecular flexibility index (Phi) is 6.30. The standard InChI is InChI=1S/C15H28N2O3/c1-5-12(6-2)10-16(7-3)15(20)17-9-8-13(11(17)4)14(18)19/h11-13H,5-10H2,1-4H3,(H,18,19). The van der Waals surface area contributed by atoms with Gasteiger partial charge in [0.15, 0.2) is 0 Å². The number of urea groups is 1. The monoisotopic (exact) mass is 284 g/mol. The predicted molar refractivity (Wildman–Crippen MR) is 78.6 cm³/mol. The van der Waals surface area contributed by atoms with E-state index in [-0.39, 0.29) is 12.1 Å². The molecule has 1 rings (SSSR count). The van der Waals surface area contributed by atoms with Gasteiger partial charge in [-0.15, -0.1) is 0 Å². The fourth-order valence-corrected chi connectivity index (χ4v) is 2.92. The van der Waals surface area contributed by atoms with E-state index in [1.54, 1.807) is 4.90 Å². The summed E-state index contributed by atoms with van der Waals surface area (Å²) in [6.45, 7) is 10.1. The van der Waals surface area contributed by atoms with Gasteiger partial charge in [-0.25, -0.2) is 4.79 Å². The van der Waals surface area contributed by atoms with E-state index in [0.717, 1.165) is 19.4 Å². The highest BCUT2D eigenvalue weighted by Crippen LogP contribution is 2.26. The van der Waals surface area contributed by atoms with Crippen molar-refractivity contribution in [3.8, 4) is 0 Å². The zero-order chi connectivity index (χ0) is 15.3. The molecule has 116 valence electrons. The minimum atomic E-state index is -0.796. The van der Waals surface area contributed by atoms with Gasteiger partial charge in [-0.3, -0.25) is 4.79 Å². The first kappa shape index (κ1) is 16.8. The molecular weight excluding hydrogens is 256 g/mol. The fourth-order valence-electron chi connectivity index (χ4n) is 2.92. The normalized spacial score (nSPS) is 22.4. The van der Waals surface area contributed by atoms with E-state index in [2.05, 4.69) is 13.8 Å². The number of hydrogen-bond donors (Lipinski definition) is 1. The summed E-state index contributed by atoms with van der Waals surface area (Å²) in [5.74, 6) is -0.700. The van der Waals surface area contributed by atoms with Crippen LogP contribution in [-0.4, -0.2) is 52.6 Å². The van der Waals surface area contributed by atoms with Crippen molar-refractivity contribution in [2.75, 3.05) is 19.6 Å². The lowest BCUT2D eigenvalue weighted by atomic mass is 10.0. The number of hydrogen-bond acceptors (Lipinski definition) is 2. The molecule has 0 aliphatic carbocycles. The lowest BCUT2D eigenvalue weighted by molar-refractivity contribution is -0.142. The predicted octanol–water partition coefficient (Wildman–Crippen LogP) is 2.66. The van der Waals surface area contributed by atoms with Gasteiger partial charge >= 0.3 is 12.0 Å². The molecule has 2 atom stereocenters. The molecular formula is C15H28N2O3. The number of carboxylic acid groups (broad SMARTS) is 1. The molecule has 5 nitrogen and oxygen atoms in total. The van der Waals surface area contributed by atoms with Gasteiger partial charge in [-0.2, -0.15) is 0 Å². The Labute approximate surface area is 121 Å². The summed E-state index contributed by atoms with van der Waals surface area (Å²) in [5.41, 5.74) is 0. The zero-order valence-corrected chi connectivity index (χ0v) is 13.1. The summed E-state index contributed by atoms with van der Waals surface area (Å²) in [7, 11) is 0. The highest BCUT2D eigenvalue weighted by atomic mass is 16.4. The van der Waals surface area contributed by atoms with Crippen molar-refractivity contribution in [3.63, 3.8) is 0 Å². The molecule has 1 N–H and O–H groups in total. The van der Waals surface area contributed by atoms with Gasteiger partial charge in [0.25, 0.3) is 0 Å². The van der Waals surface area contributed by atoms with Crippen LogP contribution in [0.3, 0.4) is 0 Å². The average molecular weight is 284 g/mol. The molecule has 0 aromatic heterocycles. The second-order valence-corrected chi connectivity index (χ2v) is 5.67. The average Bonchev–Trinajstić information content (AvgIpc) is 2.81. The third kappa shape index (κ3) is 3.64. The maximum absolute atomic E-state index is 12.6. The van der Waals surface area contributed by atoms with Gasteiger partial charge in [-0.05, 0) is 26.2 Å². The first-order chi connectivity index (χ1) is 9.46. The van der Waals surface area contributed by atoms with E-state index < -0.39 is 11.9 Å². The quantitative estimate of drug-likeness (QED) is 0.815. The lowest BCUT2D eigenvalue weighted by Gasteiger charge is -2.32. The maximum atomic E-state index is 12.6. The van der Waals surface area contributed by atoms with Gasteiger partial charge < -0.3 is 14.9 Å². The third-order valence-electron chi connectivity index (χ3n) is 4.60. The first-order valence-electron chi connectivity index (χ1n) is 7.74. The van der Waals surface area contributed by atoms with E-state index in [9.17, 15) is 9.59 Å². The number of carbonyl (C=O) groups is 2. The summed E-state index contributed by atoms with van der Waals surface area (Å²) < 4.78 is 0. The topological polar surface area (TPSA) is 60.9 Å². The lowest BCUT2D eigenvalue weighted by Crippen LogP contribution is -2.47. The summed E-state index contributed by atoms with van der Waals surface area (Å²) in [6.07, 6.45) is 2.69. The van der Waals surface area contributed by atoms with Crippen molar-refractivity contribution < 1.29 is 14.7 Å². The van der Waals surface area contributed by atoms with Crippen LogP contribution < -0.4 is 0 Å². The molecule has 0 aromatic rings. The minimum absolute atomic E-state index is 0.00403. The molecule has 1 fully saturated rings. The second kappa shape index (κ2) is 7.50. The molecule has 0 bridgehead atoms. The molecule has 2 amide bonds. The van der Waals surface area contributed by atoms with Crippen LogP contribution in [0.25, 0.3) is 0 Å². The Bertz CT molecular complexity index is 342. The molecule has 5 heteroatoms. The third-order valence-corrected chi connectivity index (χ3v) is 4.60. The fraction of sp³-hybridized carbons (Fsp3) is 0.867. The van der Waals surface area contributed by atoms with Crippen molar-refractivity contribution in [1.29, 1.82) is 0 Å². The number of nitrogens with zero attached hydrogens (tertiary/aromatic N) is 2. The number of carbonyl (C=O) groups excluding carboxylic acids is 1. The number of carboxylic acids is 1. The van der Waals surface area contributed by atoms with Crippen LogP contribution in [-0.2, 0) is 4.79 Å². The van der Waals surface area contributed by atoms with E-state index in [1.807, 2.05) is 18.7 Å². The van der Waals surface area contributed by atoms with Crippen LogP contribution in [0.1, 0.15) is 47.0 Å². The van der Waals surface area contributed by atoms with Gasteiger partial charge in [0.05, 0.1) is 5.92 Å². The molecule has 2 unspecified atom stereocenters. The minimum Gasteiger partial charge on any atom is -0.481 e. The number of likely N-dealkylation sites (tertiary alicyclic amines) is 1. The van der Waals surface area contributed by atoms with Gasteiger partial charge in [-0.1, -0.05) is 26.7 Å². The smallest absolute Gasteiger partial charge is 0.320 e. The van der Waals surface area contributed by atoms with Crippen LogP contribution in [0.15, 0.2) is 0 Å². The summed E-state index contributed by atoms with van der Waals surface area (Å²) in [6, 6.07) is -0.216. The SMILES string of the molecule is CCC(CC)CN(CC)C(=O)N1CCC(C(=O)O)C1C. The summed E-state index contributed by atoms with van der Waals surface area (Å²) >= 11 is 0. The molecule has 0 radical (unpaired) electrons. The van der Waals surface area contributed by atoms with Crippen molar-refractivity contribution in [1.82, 2.24) is 9.80 Å². The Morgan fingerprint density at radius 2 is 1.90 bits per heavy atom. The summed E-state index contributed by atoms with van der Waals surface area (Å²) in [5, 5.41) is 9.15. The van der Waals surface area contributed by atoms with Crippen LogP contribution in [0, 0.1) is 11.8 Å². The largest absolute Gasteiger partial charge is 0.481 e. The maximum Gasteiger partial charge on any atom is 0.320 e. The van der Waals surface area contributed by atoms with Crippen molar-refractivity contribution in [2.24, 2.45) is 11.8 Å². The van der Waals surface area contributed by atoms with Crippen molar-refractivity contribution >= 4 is 12.0 Å². The van der Waals surface area contributed by atoms with Gasteiger partial charge in [0, 0.05) is 25.7 Å². The van der Waals surface area contributed by atoms with Crippen LogP contribution in [0.4, 0.5) is 4.79 Å². The highest BCUT2D eigenvalue weighted by molar-refractivity contribution is 5.78. The van der Waals surface area contributed by atoms with Crippen LogP contribution in [0.5, 0.6) is 0 Å². The molecule has 0 aromatic carbocycles. The highest BCUT2D eigenvalue weighted by Gasteiger charge is 2.39. The van der Waals surface area contributed by atoms with E-state index in [4.69, 9.17) is 5.11 Å². The Balaban J connectivity index is 2.70. The van der Waals surface area contributed by atoms with Crippen LogP contribution in [0.2, 0.25) is 0 Å². The van der Waals surface area contributed by atoms with Gasteiger partial charge in [0.2, 0.25) is 0 Å². The Morgan fingerprint density at radius 1 is 1.30 bits per heavy atom. The molecule has 1 saturated heterocycles.